The van der Waals surface area contributed by atoms with Gasteiger partial charge in [0.05, 0.1) is 10.5 Å². The van der Waals surface area contributed by atoms with Gasteiger partial charge in [-0.25, -0.2) is 13.1 Å². The van der Waals surface area contributed by atoms with E-state index in [0.717, 1.165) is 38.5 Å². The van der Waals surface area contributed by atoms with Crippen LogP contribution in [0.25, 0.3) is 0 Å². The zero-order valence-corrected chi connectivity index (χ0v) is 16.9. The first-order valence-corrected chi connectivity index (χ1v) is 11.3. The van der Waals surface area contributed by atoms with Gasteiger partial charge in [-0.1, -0.05) is 25.3 Å². The van der Waals surface area contributed by atoms with Crippen LogP contribution in [0.15, 0.2) is 23.1 Å². The van der Waals surface area contributed by atoms with Gasteiger partial charge in [0.25, 0.3) is 5.91 Å². The molecule has 2 fully saturated rings. The molecule has 0 heterocycles. The van der Waals surface area contributed by atoms with Crippen LogP contribution < -0.4 is 10.0 Å². The Morgan fingerprint density at radius 2 is 1.85 bits per heavy atom. The zero-order valence-electron chi connectivity index (χ0n) is 16.1. The fourth-order valence-corrected chi connectivity index (χ4v) is 5.06. The lowest BCUT2D eigenvalue weighted by Crippen LogP contribution is -2.46. The Hall–Kier alpha value is -1.44. The number of hydrogen-bond donors (Lipinski definition) is 3. The van der Waals surface area contributed by atoms with E-state index in [2.05, 4.69) is 10.0 Å². The minimum absolute atomic E-state index is 0.0131. The van der Waals surface area contributed by atoms with E-state index >= 15 is 0 Å². The third-order valence-electron chi connectivity index (χ3n) is 5.75. The predicted octanol–water partition coefficient (Wildman–Crippen LogP) is 2.50. The molecule has 2 aliphatic carbocycles. The van der Waals surface area contributed by atoms with Gasteiger partial charge in [-0.05, 0) is 63.1 Å². The SMILES string of the molecule is Cc1ccc(S(=O)(=O)NC2CC2)cc1C(=O)NC[C@@](C)(O)C1CCCCC1. The number of rotatable bonds is 7. The molecule has 3 rings (SSSR count). The van der Waals surface area contributed by atoms with E-state index in [0.29, 0.717) is 11.1 Å². The van der Waals surface area contributed by atoms with Crippen LogP contribution in [0.3, 0.4) is 0 Å². The summed E-state index contributed by atoms with van der Waals surface area (Å²) < 4.78 is 27.5. The molecule has 0 aromatic heterocycles. The summed E-state index contributed by atoms with van der Waals surface area (Å²) in [5.41, 5.74) is 0.0737. The molecule has 6 nitrogen and oxygen atoms in total. The molecule has 150 valence electrons. The number of aliphatic hydroxyl groups is 1. The number of carbonyl (C=O) groups excluding carboxylic acids is 1. The highest BCUT2D eigenvalue weighted by Gasteiger charge is 2.33. The molecule has 2 saturated carbocycles. The molecule has 0 bridgehead atoms. The first kappa shape index (κ1) is 20.3. The third kappa shape index (κ3) is 5.09. The molecular formula is C20H30N2O4S. The largest absolute Gasteiger partial charge is 0.388 e. The van der Waals surface area contributed by atoms with Gasteiger partial charge in [-0.2, -0.15) is 0 Å². The van der Waals surface area contributed by atoms with Crippen molar-refractivity contribution in [2.45, 2.75) is 75.3 Å². The average Bonchev–Trinajstić information content (AvgIpc) is 3.44. The Bertz CT molecular complexity index is 794. The van der Waals surface area contributed by atoms with Crippen molar-refractivity contribution in [3.8, 4) is 0 Å². The molecule has 3 N–H and O–H groups in total. The Morgan fingerprint density at radius 3 is 2.48 bits per heavy atom. The van der Waals surface area contributed by atoms with Gasteiger partial charge in [0.1, 0.15) is 0 Å². The second-order valence-corrected chi connectivity index (χ2v) is 9.96. The van der Waals surface area contributed by atoms with Crippen molar-refractivity contribution in [2.75, 3.05) is 6.54 Å². The van der Waals surface area contributed by atoms with Crippen LogP contribution in [0, 0.1) is 12.8 Å². The lowest BCUT2D eigenvalue weighted by Gasteiger charge is -2.35. The van der Waals surface area contributed by atoms with Crippen LogP contribution >= 0.6 is 0 Å². The molecule has 0 radical (unpaired) electrons. The number of amides is 1. The van der Waals surface area contributed by atoms with Crippen molar-refractivity contribution >= 4 is 15.9 Å². The maximum atomic E-state index is 12.7. The lowest BCUT2D eigenvalue weighted by molar-refractivity contribution is -0.0143. The fourth-order valence-electron chi connectivity index (χ4n) is 3.72. The van der Waals surface area contributed by atoms with Gasteiger partial charge < -0.3 is 10.4 Å². The topological polar surface area (TPSA) is 95.5 Å². The summed E-state index contributed by atoms with van der Waals surface area (Å²) in [6, 6.07) is 4.61. The summed E-state index contributed by atoms with van der Waals surface area (Å²) >= 11 is 0. The number of nitrogens with one attached hydrogen (secondary N) is 2. The number of sulfonamides is 1. The van der Waals surface area contributed by atoms with E-state index in [1.165, 1.54) is 18.6 Å². The second kappa shape index (κ2) is 7.89. The second-order valence-electron chi connectivity index (χ2n) is 8.25. The lowest BCUT2D eigenvalue weighted by atomic mass is 9.78. The van der Waals surface area contributed by atoms with Crippen LogP contribution in [0.2, 0.25) is 0 Å². The van der Waals surface area contributed by atoms with Gasteiger partial charge in [-0.3, -0.25) is 4.79 Å². The molecule has 0 unspecified atom stereocenters. The molecule has 2 aliphatic rings. The Balaban J connectivity index is 1.69. The molecule has 0 spiro atoms. The molecule has 1 atom stereocenters. The molecule has 7 heteroatoms. The van der Waals surface area contributed by atoms with E-state index in [-0.39, 0.29) is 29.3 Å². The van der Waals surface area contributed by atoms with Crippen LogP contribution in [0.1, 0.15) is 67.8 Å². The van der Waals surface area contributed by atoms with Crippen molar-refractivity contribution < 1.29 is 18.3 Å². The van der Waals surface area contributed by atoms with E-state index in [1.807, 2.05) is 0 Å². The number of benzene rings is 1. The molecule has 1 aromatic rings. The Morgan fingerprint density at radius 1 is 1.19 bits per heavy atom. The van der Waals surface area contributed by atoms with Gasteiger partial charge in [0.2, 0.25) is 10.0 Å². The van der Waals surface area contributed by atoms with Crippen molar-refractivity contribution in [1.29, 1.82) is 0 Å². The monoisotopic (exact) mass is 394 g/mol. The molecule has 1 amide bonds. The predicted molar refractivity (Wildman–Crippen MR) is 104 cm³/mol. The molecule has 1 aromatic carbocycles. The van der Waals surface area contributed by atoms with Gasteiger partial charge >= 0.3 is 0 Å². The summed E-state index contributed by atoms with van der Waals surface area (Å²) in [6.07, 6.45) is 7.09. The average molecular weight is 395 g/mol. The zero-order chi connectivity index (χ0) is 19.7. The van der Waals surface area contributed by atoms with E-state index in [9.17, 15) is 18.3 Å². The summed E-state index contributed by atoms with van der Waals surface area (Å²) in [5, 5.41) is 13.6. The van der Waals surface area contributed by atoms with Crippen molar-refractivity contribution in [1.82, 2.24) is 10.0 Å². The standard InChI is InChI=1S/C20H30N2O4S/c1-14-8-11-17(27(25,26)22-16-9-10-16)12-18(14)19(23)21-13-20(2,24)15-6-4-3-5-7-15/h8,11-12,15-16,22,24H,3-7,9-10,13H2,1-2H3,(H,21,23)/t20-/m1/s1. The minimum Gasteiger partial charge on any atom is -0.388 e. The van der Waals surface area contributed by atoms with E-state index in [4.69, 9.17) is 0 Å². The maximum absolute atomic E-state index is 12.7. The van der Waals surface area contributed by atoms with Crippen LogP contribution in [0.5, 0.6) is 0 Å². The van der Waals surface area contributed by atoms with Crippen LogP contribution in [-0.4, -0.2) is 37.6 Å². The Labute approximate surface area is 161 Å². The number of aryl methyl sites for hydroxylation is 1. The van der Waals surface area contributed by atoms with Crippen LogP contribution in [-0.2, 0) is 10.0 Å². The first-order valence-electron chi connectivity index (χ1n) is 9.82. The quantitative estimate of drug-likeness (QED) is 0.662. The highest BCUT2D eigenvalue weighted by atomic mass is 32.2. The molecule has 27 heavy (non-hydrogen) atoms. The van der Waals surface area contributed by atoms with E-state index < -0.39 is 15.6 Å². The van der Waals surface area contributed by atoms with Gasteiger partial charge in [-0.15, -0.1) is 0 Å². The number of hydrogen-bond acceptors (Lipinski definition) is 4. The van der Waals surface area contributed by atoms with Crippen LogP contribution in [0.4, 0.5) is 0 Å². The summed E-state index contributed by atoms with van der Waals surface area (Å²) in [6.45, 7) is 3.71. The van der Waals surface area contributed by atoms with Crippen molar-refractivity contribution in [3.63, 3.8) is 0 Å². The molecule has 0 aliphatic heterocycles. The molecule has 0 saturated heterocycles. The highest BCUT2D eigenvalue weighted by Crippen LogP contribution is 2.32. The Kier molecular flexibility index (Phi) is 5.93. The summed E-state index contributed by atoms with van der Waals surface area (Å²) in [7, 11) is -3.61. The van der Waals surface area contributed by atoms with Gasteiger partial charge in [0.15, 0.2) is 0 Å². The van der Waals surface area contributed by atoms with E-state index in [1.54, 1.807) is 19.9 Å². The minimum atomic E-state index is -3.61. The summed E-state index contributed by atoms with van der Waals surface area (Å²) in [4.78, 5) is 12.8. The first-order chi connectivity index (χ1) is 12.7. The van der Waals surface area contributed by atoms with Crippen molar-refractivity contribution in [3.05, 3.63) is 29.3 Å². The maximum Gasteiger partial charge on any atom is 0.251 e. The highest BCUT2D eigenvalue weighted by molar-refractivity contribution is 7.89. The summed E-state index contributed by atoms with van der Waals surface area (Å²) in [5.74, 6) is -0.172. The molecular weight excluding hydrogens is 364 g/mol. The smallest absolute Gasteiger partial charge is 0.251 e. The third-order valence-corrected chi connectivity index (χ3v) is 7.27. The van der Waals surface area contributed by atoms with Crippen molar-refractivity contribution in [2.24, 2.45) is 5.92 Å². The van der Waals surface area contributed by atoms with Gasteiger partial charge in [0, 0.05) is 18.2 Å². The normalized spacial score (nSPS) is 20.9. The fraction of sp³-hybridized carbons (Fsp3) is 0.650. The number of carbonyl (C=O) groups is 1.